The van der Waals surface area contributed by atoms with Crippen molar-refractivity contribution in [2.24, 2.45) is 0 Å². The Bertz CT molecular complexity index is 849. The Labute approximate surface area is 156 Å². The molecule has 26 heavy (non-hydrogen) atoms. The van der Waals surface area contributed by atoms with Gasteiger partial charge in [-0.3, -0.25) is 10.3 Å². The molecule has 0 radical (unpaired) electrons. The lowest BCUT2D eigenvalue weighted by Gasteiger charge is -2.21. The summed E-state index contributed by atoms with van der Waals surface area (Å²) in [4.78, 5) is 16.3. The van der Waals surface area contributed by atoms with Crippen molar-refractivity contribution in [3.8, 4) is 0 Å². The highest BCUT2D eigenvalue weighted by atomic mass is 32.1. The van der Waals surface area contributed by atoms with Crippen molar-refractivity contribution >= 4 is 22.5 Å². The number of anilines is 1. The van der Waals surface area contributed by atoms with Crippen LogP contribution in [0.4, 0.5) is 9.93 Å². The van der Waals surface area contributed by atoms with Crippen LogP contribution in [0.1, 0.15) is 30.1 Å². The molecule has 0 aliphatic rings. The number of aromatic nitrogens is 3. The van der Waals surface area contributed by atoms with E-state index in [2.05, 4.69) is 51.8 Å². The molecule has 0 aliphatic heterocycles. The Morgan fingerprint density at radius 3 is 2.58 bits per heavy atom. The Hall–Kier alpha value is -2.80. The Morgan fingerprint density at radius 2 is 1.85 bits per heavy atom. The molecule has 0 unspecified atom stereocenters. The number of hydrogen-bond acceptors (Lipinski definition) is 5. The number of carbonyl (C=O) groups excluding carboxylic acids is 1. The average molecular weight is 367 g/mol. The molecular formula is C19H21N5OS. The van der Waals surface area contributed by atoms with Crippen LogP contribution in [0.5, 0.6) is 0 Å². The quantitative estimate of drug-likeness (QED) is 0.697. The highest BCUT2D eigenvalue weighted by Crippen LogP contribution is 2.34. The number of rotatable bonds is 6. The van der Waals surface area contributed by atoms with Crippen molar-refractivity contribution in [2.75, 3.05) is 11.9 Å². The van der Waals surface area contributed by atoms with Gasteiger partial charge in [-0.1, -0.05) is 47.7 Å². The SMILES string of the molecule is CC(C)(c1ccccc1)c1nnc(NC(=O)NCCc2ccccn2)s1. The van der Waals surface area contributed by atoms with Crippen molar-refractivity contribution in [2.45, 2.75) is 25.7 Å². The van der Waals surface area contributed by atoms with Crippen LogP contribution in [-0.4, -0.2) is 27.8 Å². The molecule has 0 fully saturated rings. The standard InChI is InChI=1S/C19H21N5OS/c1-19(2,14-8-4-3-5-9-14)16-23-24-18(26-16)22-17(25)21-13-11-15-10-6-7-12-20-15/h3-10,12H,11,13H2,1-2H3,(H2,21,22,24,25). The van der Waals surface area contributed by atoms with Crippen molar-refractivity contribution in [3.05, 3.63) is 71.0 Å². The van der Waals surface area contributed by atoms with Gasteiger partial charge in [0.2, 0.25) is 5.13 Å². The van der Waals surface area contributed by atoms with Crippen LogP contribution in [-0.2, 0) is 11.8 Å². The number of nitrogens with one attached hydrogen (secondary N) is 2. The van der Waals surface area contributed by atoms with Gasteiger partial charge in [0.1, 0.15) is 5.01 Å². The second-order valence-electron chi connectivity index (χ2n) is 6.36. The molecule has 0 spiro atoms. The topological polar surface area (TPSA) is 79.8 Å². The molecule has 7 heteroatoms. The lowest BCUT2D eigenvalue weighted by molar-refractivity contribution is 0.252. The maximum absolute atomic E-state index is 12.0. The molecule has 0 saturated carbocycles. The van der Waals surface area contributed by atoms with Crippen LogP contribution >= 0.6 is 11.3 Å². The normalized spacial score (nSPS) is 11.2. The molecule has 2 amide bonds. The Balaban J connectivity index is 1.55. The molecule has 3 rings (SSSR count). The molecule has 0 aliphatic carbocycles. The highest BCUT2D eigenvalue weighted by Gasteiger charge is 2.27. The highest BCUT2D eigenvalue weighted by molar-refractivity contribution is 7.15. The van der Waals surface area contributed by atoms with Crippen molar-refractivity contribution in [1.29, 1.82) is 0 Å². The van der Waals surface area contributed by atoms with E-state index < -0.39 is 0 Å². The first-order valence-corrected chi connectivity index (χ1v) is 9.21. The van der Waals surface area contributed by atoms with Gasteiger partial charge in [-0.05, 0) is 31.5 Å². The summed E-state index contributed by atoms with van der Waals surface area (Å²) < 4.78 is 0. The van der Waals surface area contributed by atoms with Gasteiger partial charge in [0.25, 0.3) is 0 Å². The van der Waals surface area contributed by atoms with Gasteiger partial charge in [0, 0.05) is 30.3 Å². The molecule has 1 aromatic carbocycles. The van der Waals surface area contributed by atoms with E-state index in [4.69, 9.17) is 0 Å². The van der Waals surface area contributed by atoms with Gasteiger partial charge in [-0.2, -0.15) is 0 Å². The van der Waals surface area contributed by atoms with E-state index in [9.17, 15) is 4.79 Å². The van der Waals surface area contributed by atoms with E-state index in [0.29, 0.717) is 18.1 Å². The molecule has 2 N–H and O–H groups in total. The summed E-state index contributed by atoms with van der Waals surface area (Å²) in [6.45, 7) is 4.70. The summed E-state index contributed by atoms with van der Waals surface area (Å²) in [6.07, 6.45) is 2.42. The lowest BCUT2D eigenvalue weighted by Crippen LogP contribution is -2.30. The molecule has 6 nitrogen and oxygen atoms in total. The van der Waals surface area contributed by atoms with Gasteiger partial charge < -0.3 is 5.32 Å². The Morgan fingerprint density at radius 1 is 1.08 bits per heavy atom. The molecule has 2 aromatic heterocycles. The van der Waals surface area contributed by atoms with Crippen molar-refractivity contribution < 1.29 is 4.79 Å². The van der Waals surface area contributed by atoms with E-state index in [1.54, 1.807) is 6.20 Å². The molecule has 0 atom stereocenters. The van der Waals surface area contributed by atoms with E-state index in [1.807, 2.05) is 36.4 Å². The van der Waals surface area contributed by atoms with E-state index in [-0.39, 0.29) is 11.4 Å². The predicted molar refractivity (Wildman–Crippen MR) is 103 cm³/mol. The van der Waals surface area contributed by atoms with Crippen molar-refractivity contribution in [3.63, 3.8) is 0 Å². The fraction of sp³-hybridized carbons (Fsp3) is 0.263. The van der Waals surface area contributed by atoms with E-state index in [1.165, 1.54) is 11.3 Å². The zero-order valence-electron chi connectivity index (χ0n) is 14.8. The number of carbonyl (C=O) groups is 1. The van der Waals surface area contributed by atoms with Crippen LogP contribution in [0.3, 0.4) is 0 Å². The third-order valence-corrected chi connectivity index (χ3v) is 5.23. The van der Waals surface area contributed by atoms with Crippen LogP contribution in [0, 0.1) is 0 Å². The molecule has 0 bridgehead atoms. The number of amides is 2. The average Bonchev–Trinajstić information content (AvgIpc) is 3.12. The number of pyridine rings is 1. The van der Waals surface area contributed by atoms with Gasteiger partial charge in [-0.25, -0.2) is 4.79 Å². The molecule has 3 aromatic rings. The van der Waals surface area contributed by atoms with Gasteiger partial charge in [-0.15, -0.1) is 10.2 Å². The second-order valence-corrected chi connectivity index (χ2v) is 7.33. The maximum atomic E-state index is 12.0. The van der Waals surface area contributed by atoms with Crippen LogP contribution in [0.25, 0.3) is 0 Å². The zero-order valence-corrected chi connectivity index (χ0v) is 15.6. The first kappa shape index (κ1) is 18.0. The first-order valence-electron chi connectivity index (χ1n) is 8.40. The monoisotopic (exact) mass is 367 g/mol. The lowest BCUT2D eigenvalue weighted by atomic mass is 9.85. The second kappa shape index (κ2) is 8.05. The van der Waals surface area contributed by atoms with Crippen LogP contribution in [0.15, 0.2) is 54.7 Å². The predicted octanol–water partition coefficient (Wildman–Crippen LogP) is 3.62. The van der Waals surface area contributed by atoms with E-state index >= 15 is 0 Å². The molecule has 0 saturated heterocycles. The maximum Gasteiger partial charge on any atom is 0.321 e. The van der Waals surface area contributed by atoms with Crippen LogP contribution < -0.4 is 10.6 Å². The van der Waals surface area contributed by atoms with E-state index in [0.717, 1.165) is 16.3 Å². The summed E-state index contributed by atoms with van der Waals surface area (Å²) >= 11 is 1.39. The van der Waals surface area contributed by atoms with Crippen LogP contribution in [0.2, 0.25) is 0 Å². The number of benzene rings is 1. The third kappa shape index (κ3) is 4.43. The molecular weight excluding hydrogens is 346 g/mol. The fourth-order valence-electron chi connectivity index (χ4n) is 2.50. The third-order valence-electron chi connectivity index (χ3n) is 4.07. The zero-order chi connectivity index (χ0) is 18.4. The number of hydrogen-bond donors (Lipinski definition) is 2. The minimum absolute atomic E-state index is 0.270. The summed E-state index contributed by atoms with van der Waals surface area (Å²) in [7, 11) is 0. The molecule has 134 valence electrons. The summed E-state index contributed by atoms with van der Waals surface area (Å²) in [5.74, 6) is 0. The number of nitrogens with zero attached hydrogens (tertiary/aromatic N) is 3. The van der Waals surface area contributed by atoms with Gasteiger partial charge in [0.15, 0.2) is 0 Å². The minimum Gasteiger partial charge on any atom is -0.337 e. The summed E-state index contributed by atoms with van der Waals surface area (Å²) in [5.41, 5.74) is 1.83. The summed E-state index contributed by atoms with van der Waals surface area (Å²) in [5, 5.41) is 15.3. The van der Waals surface area contributed by atoms with Gasteiger partial charge >= 0.3 is 6.03 Å². The van der Waals surface area contributed by atoms with Crippen molar-refractivity contribution in [1.82, 2.24) is 20.5 Å². The minimum atomic E-state index is -0.291. The fourth-order valence-corrected chi connectivity index (χ4v) is 3.36. The smallest absolute Gasteiger partial charge is 0.321 e. The summed E-state index contributed by atoms with van der Waals surface area (Å²) in [6, 6.07) is 15.6. The molecule has 2 heterocycles. The Kier molecular flexibility index (Phi) is 5.58. The van der Waals surface area contributed by atoms with Gasteiger partial charge in [0.05, 0.1) is 0 Å². The number of urea groups is 1. The largest absolute Gasteiger partial charge is 0.337 e. The first-order chi connectivity index (χ1) is 12.6.